The van der Waals surface area contributed by atoms with Gasteiger partial charge >= 0.3 is 0 Å². The third-order valence-corrected chi connectivity index (χ3v) is 5.64. The van der Waals surface area contributed by atoms with Gasteiger partial charge in [-0.2, -0.15) is 0 Å². The van der Waals surface area contributed by atoms with Crippen LogP contribution < -0.4 is 15.0 Å². The minimum atomic E-state index is -0.184. The molecular formula is C25H29N3O2. The summed E-state index contributed by atoms with van der Waals surface area (Å²) in [7, 11) is 0. The number of hydrogen-bond acceptors (Lipinski definition) is 4. The van der Waals surface area contributed by atoms with Crippen molar-refractivity contribution in [3.8, 4) is 5.75 Å². The lowest BCUT2D eigenvalue weighted by atomic mass is 9.92. The summed E-state index contributed by atoms with van der Waals surface area (Å²) in [4.78, 5) is 19.7. The van der Waals surface area contributed by atoms with E-state index in [1.165, 1.54) is 6.42 Å². The fraction of sp³-hybridized carbons (Fsp3) is 0.360. The number of aryl methyl sites for hydroxylation is 1. The van der Waals surface area contributed by atoms with Crippen LogP contribution in [0.2, 0.25) is 0 Å². The zero-order valence-corrected chi connectivity index (χ0v) is 17.9. The lowest BCUT2D eigenvalue weighted by Crippen LogP contribution is -2.39. The Morgan fingerprint density at radius 3 is 2.60 bits per heavy atom. The number of amides is 1. The first-order valence-corrected chi connectivity index (χ1v) is 10.6. The third kappa shape index (κ3) is 4.56. The smallest absolute Gasteiger partial charge is 0.262 e. The van der Waals surface area contributed by atoms with Crippen LogP contribution in [-0.2, 0) is 4.79 Å². The Morgan fingerprint density at radius 1 is 1.07 bits per heavy atom. The predicted molar refractivity (Wildman–Crippen MR) is 122 cm³/mol. The average Bonchev–Trinajstić information content (AvgIpc) is 2.73. The van der Waals surface area contributed by atoms with E-state index in [0.717, 1.165) is 41.1 Å². The highest BCUT2D eigenvalue weighted by atomic mass is 16.5. The predicted octanol–water partition coefficient (Wildman–Crippen LogP) is 5.04. The van der Waals surface area contributed by atoms with Crippen molar-refractivity contribution in [2.75, 3.05) is 29.9 Å². The van der Waals surface area contributed by atoms with E-state index in [9.17, 15) is 4.79 Å². The van der Waals surface area contributed by atoms with E-state index in [-0.39, 0.29) is 12.5 Å². The minimum absolute atomic E-state index is 0.0584. The Balaban J connectivity index is 1.51. The largest absolute Gasteiger partial charge is 0.481 e. The van der Waals surface area contributed by atoms with Gasteiger partial charge in [-0.1, -0.05) is 44.2 Å². The molecule has 1 aliphatic heterocycles. The number of anilines is 2. The van der Waals surface area contributed by atoms with Crippen LogP contribution in [0.3, 0.4) is 0 Å². The highest BCUT2D eigenvalue weighted by Gasteiger charge is 2.23. The zero-order valence-electron chi connectivity index (χ0n) is 17.9. The van der Waals surface area contributed by atoms with Crippen molar-refractivity contribution in [1.29, 1.82) is 0 Å². The number of carbonyl (C=O) groups is 1. The molecule has 3 aromatic rings. The van der Waals surface area contributed by atoms with E-state index < -0.39 is 0 Å². The second kappa shape index (κ2) is 8.74. The third-order valence-electron chi connectivity index (χ3n) is 5.64. The highest BCUT2D eigenvalue weighted by molar-refractivity contribution is 5.93. The van der Waals surface area contributed by atoms with Crippen LogP contribution in [-0.4, -0.2) is 30.6 Å². The molecule has 0 bridgehead atoms. The molecule has 0 radical (unpaired) electrons. The van der Waals surface area contributed by atoms with E-state index >= 15 is 0 Å². The van der Waals surface area contributed by atoms with Crippen molar-refractivity contribution in [2.24, 2.45) is 11.8 Å². The lowest BCUT2D eigenvalue weighted by molar-refractivity contribution is -0.118. The van der Waals surface area contributed by atoms with E-state index in [0.29, 0.717) is 17.6 Å². The number of pyridine rings is 1. The first-order valence-electron chi connectivity index (χ1n) is 10.6. The van der Waals surface area contributed by atoms with Crippen LogP contribution in [0, 0.1) is 18.8 Å². The number of para-hydroxylation sites is 2. The maximum atomic E-state index is 12.4. The summed E-state index contributed by atoms with van der Waals surface area (Å²) < 4.78 is 5.88. The first kappa shape index (κ1) is 20.2. The molecule has 1 N–H and O–H groups in total. The Kier molecular flexibility index (Phi) is 5.88. The van der Waals surface area contributed by atoms with E-state index in [2.05, 4.69) is 36.2 Å². The molecule has 0 aliphatic carbocycles. The van der Waals surface area contributed by atoms with Gasteiger partial charge in [0.05, 0.1) is 0 Å². The van der Waals surface area contributed by atoms with Crippen molar-refractivity contribution >= 4 is 28.3 Å². The monoisotopic (exact) mass is 403 g/mol. The molecule has 156 valence electrons. The summed E-state index contributed by atoms with van der Waals surface area (Å²) in [5.74, 6) is 2.73. The number of benzene rings is 2. The topological polar surface area (TPSA) is 54.5 Å². The van der Waals surface area contributed by atoms with E-state index in [4.69, 9.17) is 9.72 Å². The van der Waals surface area contributed by atoms with E-state index in [1.54, 1.807) is 0 Å². The zero-order chi connectivity index (χ0) is 21.1. The van der Waals surface area contributed by atoms with Crippen LogP contribution >= 0.6 is 0 Å². The van der Waals surface area contributed by atoms with Crippen molar-refractivity contribution in [1.82, 2.24) is 4.98 Å². The molecule has 1 aliphatic rings. The molecule has 2 atom stereocenters. The van der Waals surface area contributed by atoms with Crippen molar-refractivity contribution in [3.63, 3.8) is 0 Å². The molecule has 1 aromatic heterocycles. The minimum Gasteiger partial charge on any atom is -0.481 e. The molecule has 0 spiro atoms. The van der Waals surface area contributed by atoms with Crippen molar-refractivity contribution in [3.05, 3.63) is 60.2 Å². The number of piperidine rings is 1. The molecule has 0 saturated carbocycles. The van der Waals surface area contributed by atoms with Crippen LogP contribution in [0.5, 0.6) is 5.75 Å². The van der Waals surface area contributed by atoms with Gasteiger partial charge < -0.3 is 15.0 Å². The van der Waals surface area contributed by atoms with Gasteiger partial charge in [0, 0.05) is 24.2 Å². The number of hydrogen-bond donors (Lipinski definition) is 1. The number of nitrogens with one attached hydrogen (secondary N) is 1. The number of ether oxygens (including phenoxy) is 1. The van der Waals surface area contributed by atoms with Gasteiger partial charge in [0.15, 0.2) is 6.61 Å². The summed E-state index contributed by atoms with van der Waals surface area (Å²) in [6.07, 6.45) is 1.26. The summed E-state index contributed by atoms with van der Waals surface area (Å²) in [5, 5.41) is 3.92. The maximum absolute atomic E-state index is 12.4. The Hall–Kier alpha value is -3.08. The second-order valence-corrected chi connectivity index (χ2v) is 8.50. The molecule has 1 fully saturated rings. The van der Waals surface area contributed by atoms with Crippen molar-refractivity contribution < 1.29 is 9.53 Å². The van der Waals surface area contributed by atoms with Crippen LogP contribution in [0.15, 0.2) is 54.6 Å². The number of carbonyl (C=O) groups excluding carboxylic acids is 1. The van der Waals surface area contributed by atoms with Crippen LogP contribution in [0.4, 0.5) is 11.5 Å². The number of nitrogens with zero attached hydrogens (tertiary/aromatic N) is 2. The summed E-state index contributed by atoms with van der Waals surface area (Å²) in [5.41, 5.74) is 2.62. The van der Waals surface area contributed by atoms with Gasteiger partial charge in [-0.3, -0.25) is 4.79 Å². The number of rotatable bonds is 5. The van der Waals surface area contributed by atoms with Gasteiger partial charge in [-0.25, -0.2) is 4.98 Å². The standard InChI is InChI=1S/C25H29N3O2/c1-17-13-18(2)15-28(14-17)23-12-11-20-8-6-10-22(25(20)27-23)30-16-24(29)26-21-9-5-4-7-19(21)3/h4-12,17-18H,13-16H2,1-3H3,(H,26,29). The Bertz CT molecular complexity index is 1040. The molecule has 2 unspecified atom stereocenters. The van der Waals surface area contributed by atoms with Gasteiger partial charge in [0.25, 0.3) is 5.91 Å². The summed E-state index contributed by atoms with van der Waals surface area (Å²) in [6.45, 7) is 8.54. The molecule has 30 heavy (non-hydrogen) atoms. The summed E-state index contributed by atoms with van der Waals surface area (Å²) >= 11 is 0. The molecular weight excluding hydrogens is 374 g/mol. The SMILES string of the molecule is Cc1ccccc1NC(=O)COc1cccc2ccc(N3CC(C)CC(C)C3)nc12. The molecule has 5 nitrogen and oxygen atoms in total. The number of aromatic nitrogens is 1. The van der Waals surface area contributed by atoms with Crippen LogP contribution in [0.1, 0.15) is 25.8 Å². The molecule has 2 heterocycles. The summed E-state index contributed by atoms with van der Waals surface area (Å²) in [6, 6.07) is 17.7. The van der Waals surface area contributed by atoms with Gasteiger partial charge in [-0.05, 0) is 55.0 Å². The lowest BCUT2D eigenvalue weighted by Gasteiger charge is -2.35. The Morgan fingerprint density at radius 2 is 1.83 bits per heavy atom. The van der Waals surface area contributed by atoms with E-state index in [1.807, 2.05) is 49.4 Å². The normalized spacial score (nSPS) is 19.0. The fourth-order valence-electron chi connectivity index (χ4n) is 4.29. The molecule has 1 saturated heterocycles. The van der Waals surface area contributed by atoms with Gasteiger partial charge in [0.1, 0.15) is 17.1 Å². The average molecular weight is 404 g/mol. The highest BCUT2D eigenvalue weighted by Crippen LogP contribution is 2.30. The second-order valence-electron chi connectivity index (χ2n) is 8.50. The molecule has 4 rings (SSSR count). The maximum Gasteiger partial charge on any atom is 0.262 e. The van der Waals surface area contributed by atoms with Crippen molar-refractivity contribution in [2.45, 2.75) is 27.2 Å². The quantitative estimate of drug-likeness (QED) is 0.648. The van der Waals surface area contributed by atoms with Gasteiger partial charge in [0.2, 0.25) is 0 Å². The van der Waals surface area contributed by atoms with Crippen LogP contribution in [0.25, 0.3) is 10.9 Å². The molecule has 1 amide bonds. The molecule has 2 aromatic carbocycles. The first-order chi connectivity index (χ1) is 14.5. The fourth-order valence-corrected chi connectivity index (χ4v) is 4.29. The Labute approximate surface area is 178 Å². The van der Waals surface area contributed by atoms with Gasteiger partial charge in [-0.15, -0.1) is 0 Å². The molecule has 5 heteroatoms. The number of fused-ring (bicyclic) bond motifs is 1.